The fourth-order valence-electron chi connectivity index (χ4n) is 2.38. The van der Waals surface area contributed by atoms with E-state index in [9.17, 15) is 9.90 Å². The first-order valence-corrected chi connectivity index (χ1v) is 7.77. The molecule has 0 radical (unpaired) electrons. The van der Waals surface area contributed by atoms with E-state index in [-0.39, 0.29) is 0 Å². The number of aliphatic carboxylic acids is 1. The maximum atomic E-state index is 11.3. The number of aromatic nitrogens is 1. The summed E-state index contributed by atoms with van der Waals surface area (Å²) < 4.78 is 0. The van der Waals surface area contributed by atoms with Crippen molar-refractivity contribution >= 4 is 22.4 Å². The van der Waals surface area contributed by atoms with Gasteiger partial charge < -0.3 is 10.0 Å². The zero-order chi connectivity index (χ0) is 14.0. The molecule has 0 saturated carbocycles. The summed E-state index contributed by atoms with van der Waals surface area (Å²) in [5.74, 6) is -0.0805. The predicted molar refractivity (Wildman–Crippen MR) is 78.0 cm³/mol. The van der Waals surface area contributed by atoms with E-state index < -0.39 is 11.4 Å². The summed E-state index contributed by atoms with van der Waals surface area (Å²) >= 11 is 1.56. The highest BCUT2D eigenvalue weighted by molar-refractivity contribution is 7.13. The van der Waals surface area contributed by atoms with Crippen LogP contribution in [0.25, 0.3) is 0 Å². The van der Waals surface area contributed by atoms with Crippen LogP contribution in [0.3, 0.4) is 0 Å². The van der Waals surface area contributed by atoms with E-state index in [1.807, 2.05) is 5.38 Å². The van der Waals surface area contributed by atoms with E-state index in [4.69, 9.17) is 0 Å². The normalized spacial score (nSPS) is 20.6. The first kappa shape index (κ1) is 14.3. The second-order valence-electron chi connectivity index (χ2n) is 5.81. The van der Waals surface area contributed by atoms with Crippen molar-refractivity contribution in [1.29, 1.82) is 0 Å². The standard InChI is InChI=1S/C14H22N2O2S/c1-4-10-6-5-7-16(8-10)13-15-11(9-19-13)14(2,3)12(17)18/h9-10H,4-8H2,1-3H3,(H,17,18). The molecule has 19 heavy (non-hydrogen) atoms. The van der Waals surface area contributed by atoms with Gasteiger partial charge in [-0.3, -0.25) is 4.79 Å². The van der Waals surface area contributed by atoms with E-state index in [0.29, 0.717) is 5.69 Å². The van der Waals surface area contributed by atoms with E-state index in [1.165, 1.54) is 19.3 Å². The van der Waals surface area contributed by atoms with Crippen molar-refractivity contribution in [3.8, 4) is 0 Å². The van der Waals surface area contributed by atoms with Crippen LogP contribution in [0.2, 0.25) is 0 Å². The number of thiazole rings is 1. The van der Waals surface area contributed by atoms with E-state index >= 15 is 0 Å². The lowest BCUT2D eigenvalue weighted by Gasteiger charge is -2.32. The minimum Gasteiger partial charge on any atom is -0.481 e. The number of rotatable bonds is 4. The van der Waals surface area contributed by atoms with E-state index in [1.54, 1.807) is 25.2 Å². The zero-order valence-corrected chi connectivity index (χ0v) is 12.7. The molecule has 1 fully saturated rings. The van der Waals surface area contributed by atoms with Crippen LogP contribution in [0.1, 0.15) is 45.7 Å². The molecule has 0 bridgehead atoms. The monoisotopic (exact) mass is 282 g/mol. The Hall–Kier alpha value is -1.10. The van der Waals surface area contributed by atoms with Crippen molar-refractivity contribution in [2.75, 3.05) is 18.0 Å². The number of carbonyl (C=O) groups is 1. The van der Waals surface area contributed by atoms with Gasteiger partial charge in [-0.25, -0.2) is 4.98 Å². The number of hydrogen-bond acceptors (Lipinski definition) is 4. The maximum Gasteiger partial charge on any atom is 0.315 e. The third kappa shape index (κ3) is 2.91. The molecule has 2 heterocycles. The quantitative estimate of drug-likeness (QED) is 0.922. The molecule has 1 saturated heterocycles. The van der Waals surface area contributed by atoms with Crippen molar-refractivity contribution in [1.82, 2.24) is 4.98 Å². The average Bonchev–Trinajstić information content (AvgIpc) is 2.89. The summed E-state index contributed by atoms with van der Waals surface area (Å²) in [7, 11) is 0. The second-order valence-corrected chi connectivity index (χ2v) is 6.64. The Balaban J connectivity index is 2.15. The first-order valence-electron chi connectivity index (χ1n) is 6.89. The van der Waals surface area contributed by atoms with Gasteiger partial charge in [-0.05, 0) is 32.6 Å². The summed E-state index contributed by atoms with van der Waals surface area (Å²) in [6.07, 6.45) is 3.71. The molecule has 0 aromatic carbocycles. The average molecular weight is 282 g/mol. The number of anilines is 1. The molecule has 4 nitrogen and oxygen atoms in total. The van der Waals surface area contributed by atoms with Crippen LogP contribution in [-0.4, -0.2) is 29.1 Å². The zero-order valence-electron chi connectivity index (χ0n) is 11.8. The van der Waals surface area contributed by atoms with Gasteiger partial charge in [-0.2, -0.15) is 0 Å². The van der Waals surface area contributed by atoms with Crippen LogP contribution in [0, 0.1) is 5.92 Å². The Morgan fingerprint density at radius 2 is 2.37 bits per heavy atom. The Kier molecular flexibility index (Phi) is 4.13. The fourth-order valence-corrected chi connectivity index (χ4v) is 3.41. The van der Waals surface area contributed by atoms with Gasteiger partial charge in [0.05, 0.1) is 5.69 Å². The Labute approximate surface area is 118 Å². The molecule has 5 heteroatoms. The van der Waals surface area contributed by atoms with E-state index in [0.717, 1.165) is 24.1 Å². The first-order chi connectivity index (χ1) is 8.95. The molecule has 1 N–H and O–H groups in total. The molecule has 1 aromatic heterocycles. The highest BCUT2D eigenvalue weighted by atomic mass is 32.1. The van der Waals surface area contributed by atoms with Gasteiger partial charge in [-0.1, -0.05) is 13.3 Å². The van der Waals surface area contributed by atoms with Crippen LogP contribution >= 0.6 is 11.3 Å². The van der Waals surface area contributed by atoms with Crippen molar-refractivity contribution in [2.24, 2.45) is 5.92 Å². The second kappa shape index (κ2) is 5.49. The number of nitrogens with zero attached hydrogens (tertiary/aromatic N) is 2. The largest absolute Gasteiger partial charge is 0.481 e. The number of carboxylic acid groups (broad SMARTS) is 1. The fraction of sp³-hybridized carbons (Fsp3) is 0.714. The molecule has 0 amide bonds. The summed E-state index contributed by atoms with van der Waals surface area (Å²) in [5, 5.41) is 12.1. The Bertz CT molecular complexity index is 456. The smallest absolute Gasteiger partial charge is 0.315 e. The number of carboxylic acids is 1. The van der Waals surface area contributed by atoms with Gasteiger partial charge in [0.15, 0.2) is 5.13 Å². The SMILES string of the molecule is CCC1CCCN(c2nc(C(C)(C)C(=O)O)cs2)C1. The third-order valence-electron chi connectivity index (χ3n) is 4.03. The predicted octanol–water partition coefficient (Wildman–Crippen LogP) is 3.13. The lowest BCUT2D eigenvalue weighted by Crippen LogP contribution is -2.35. The molecule has 0 spiro atoms. The summed E-state index contributed by atoms with van der Waals surface area (Å²) in [6.45, 7) is 7.74. The van der Waals surface area contributed by atoms with Crippen LogP contribution < -0.4 is 4.90 Å². The van der Waals surface area contributed by atoms with Gasteiger partial charge in [-0.15, -0.1) is 11.3 Å². The van der Waals surface area contributed by atoms with Gasteiger partial charge in [0.1, 0.15) is 5.41 Å². The minimum absolute atomic E-state index is 0.665. The highest BCUT2D eigenvalue weighted by Crippen LogP contribution is 2.32. The van der Waals surface area contributed by atoms with Crippen LogP contribution in [0.4, 0.5) is 5.13 Å². The Morgan fingerprint density at radius 1 is 1.63 bits per heavy atom. The van der Waals surface area contributed by atoms with Gasteiger partial charge in [0.25, 0.3) is 0 Å². The summed E-state index contributed by atoms with van der Waals surface area (Å²) in [6, 6.07) is 0. The molecule has 2 rings (SSSR count). The molecule has 1 aromatic rings. The van der Waals surface area contributed by atoms with E-state index in [2.05, 4.69) is 16.8 Å². The topological polar surface area (TPSA) is 53.4 Å². The number of hydrogen-bond donors (Lipinski definition) is 1. The molecule has 1 atom stereocenters. The molecular formula is C14H22N2O2S. The van der Waals surface area contributed by atoms with Crippen molar-refractivity contribution in [2.45, 2.75) is 45.4 Å². The van der Waals surface area contributed by atoms with Crippen LogP contribution in [0.5, 0.6) is 0 Å². The van der Waals surface area contributed by atoms with Gasteiger partial charge in [0.2, 0.25) is 0 Å². The molecule has 1 unspecified atom stereocenters. The van der Waals surface area contributed by atoms with Crippen molar-refractivity contribution < 1.29 is 9.90 Å². The van der Waals surface area contributed by atoms with Gasteiger partial charge >= 0.3 is 5.97 Å². The molecule has 1 aliphatic heterocycles. The highest BCUT2D eigenvalue weighted by Gasteiger charge is 2.33. The molecule has 106 valence electrons. The summed E-state index contributed by atoms with van der Waals surface area (Å²) in [4.78, 5) is 18.1. The van der Waals surface area contributed by atoms with Crippen molar-refractivity contribution in [3.63, 3.8) is 0 Å². The van der Waals surface area contributed by atoms with Crippen LogP contribution in [-0.2, 0) is 10.2 Å². The minimum atomic E-state index is -0.908. The van der Waals surface area contributed by atoms with Crippen molar-refractivity contribution in [3.05, 3.63) is 11.1 Å². The number of piperidine rings is 1. The summed E-state index contributed by atoms with van der Waals surface area (Å²) in [5.41, 5.74) is -0.243. The van der Waals surface area contributed by atoms with Gasteiger partial charge in [0, 0.05) is 18.5 Å². The molecule has 1 aliphatic rings. The maximum absolute atomic E-state index is 11.3. The lowest BCUT2D eigenvalue weighted by molar-refractivity contribution is -0.142. The Morgan fingerprint density at radius 3 is 3.00 bits per heavy atom. The lowest BCUT2D eigenvalue weighted by atomic mass is 9.90. The molecule has 0 aliphatic carbocycles. The van der Waals surface area contributed by atoms with Crippen LogP contribution in [0.15, 0.2) is 5.38 Å². The third-order valence-corrected chi connectivity index (χ3v) is 4.94. The molecular weight excluding hydrogens is 260 g/mol.